The minimum absolute atomic E-state index is 0.0781. The Hall–Kier alpha value is -0.610. The molecule has 0 aromatic heterocycles. The Morgan fingerprint density at radius 2 is 2.50 bits per heavy atom. The first-order chi connectivity index (χ1) is 5.79. The fourth-order valence-corrected chi connectivity index (χ4v) is 1.31. The molecule has 0 bridgehead atoms. The second-order valence-electron chi connectivity index (χ2n) is 2.87. The molecule has 1 fully saturated rings. The summed E-state index contributed by atoms with van der Waals surface area (Å²) in [5.74, 6) is -0.0781. The summed E-state index contributed by atoms with van der Waals surface area (Å²) in [6, 6.07) is 0. The molecule has 1 atom stereocenters. The van der Waals surface area contributed by atoms with Crippen LogP contribution in [0.15, 0.2) is 0 Å². The highest BCUT2D eigenvalue weighted by molar-refractivity contribution is 5.81. The van der Waals surface area contributed by atoms with Gasteiger partial charge in [0, 0.05) is 13.1 Å². The summed E-state index contributed by atoms with van der Waals surface area (Å²) in [7, 11) is 0. The molecule has 70 valence electrons. The molecule has 0 radical (unpaired) electrons. The number of amides is 1. The van der Waals surface area contributed by atoms with Crippen molar-refractivity contribution in [3.63, 3.8) is 0 Å². The van der Waals surface area contributed by atoms with E-state index in [1.807, 2.05) is 6.92 Å². The molecule has 1 unspecified atom stereocenters. The van der Waals surface area contributed by atoms with Crippen LogP contribution in [0.25, 0.3) is 0 Å². The van der Waals surface area contributed by atoms with Gasteiger partial charge in [0.1, 0.15) is 0 Å². The lowest BCUT2D eigenvalue weighted by Gasteiger charge is -2.31. The summed E-state index contributed by atoms with van der Waals surface area (Å²) in [5, 5.41) is 8.77. The molecule has 0 aliphatic carbocycles. The number of ether oxygens (including phenoxy) is 1. The van der Waals surface area contributed by atoms with Crippen molar-refractivity contribution in [1.29, 1.82) is 0 Å². The smallest absolute Gasteiger partial charge is 0.254 e. The quantitative estimate of drug-likeness (QED) is 0.632. The van der Waals surface area contributed by atoms with Crippen LogP contribution in [0.1, 0.15) is 13.3 Å². The maximum Gasteiger partial charge on any atom is 0.254 e. The molecule has 1 saturated heterocycles. The third-order valence-electron chi connectivity index (χ3n) is 1.93. The van der Waals surface area contributed by atoms with Crippen LogP contribution in [0.5, 0.6) is 0 Å². The van der Waals surface area contributed by atoms with Crippen LogP contribution in [0, 0.1) is 0 Å². The number of hydrogen-bond acceptors (Lipinski definition) is 3. The van der Waals surface area contributed by atoms with Crippen LogP contribution < -0.4 is 0 Å². The first-order valence-corrected chi connectivity index (χ1v) is 4.30. The van der Waals surface area contributed by atoms with E-state index in [0.717, 1.165) is 13.0 Å². The van der Waals surface area contributed by atoms with Crippen LogP contribution in [0.3, 0.4) is 0 Å². The van der Waals surface area contributed by atoms with Gasteiger partial charge in [-0.05, 0) is 6.42 Å². The van der Waals surface area contributed by atoms with Gasteiger partial charge in [-0.2, -0.15) is 0 Å². The third kappa shape index (κ3) is 1.95. The van der Waals surface area contributed by atoms with Gasteiger partial charge in [-0.1, -0.05) is 6.92 Å². The van der Waals surface area contributed by atoms with Gasteiger partial charge in [0.05, 0.1) is 13.2 Å². The molecular formula is C8H15NO3. The fraction of sp³-hybridized carbons (Fsp3) is 0.875. The fourth-order valence-electron chi connectivity index (χ4n) is 1.31. The summed E-state index contributed by atoms with van der Waals surface area (Å²) in [5.41, 5.74) is 0. The van der Waals surface area contributed by atoms with E-state index < -0.39 is 6.10 Å². The van der Waals surface area contributed by atoms with Crippen molar-refractivity contribution >= 4 is 5.91 Å². The third-order valence-corrected chi connectivity index (χ3v) is 1.93. The molecule has 1 heterocycles. The van der Waals surface area contributed by atoms with Gasteiger partial charge in [0.2, 0.25) is 0 Å². The predicted octanol–water partition coefficient (Wildman–Crippen LogP) is -0.384. The molecule has 1 amide bonds. The largest absolute Gasteiger partial charge is 0.393 e. The Morgan fingerprint density at radius 3 is 3.08 bits per heavy atom. The Kier molecular flexibility index (Phi) is 3.49. The van der Waals surface area contributed by atoms with Gasteiger partial charge < -0.3 is 14.7 Å². The van der Waals surface area contributed by atoms with E-state index >= 15 is 0 Å². The molecule has 4 nitrogen and oxygen atoms in total. The zero-order valence-electron chi connectivity index (χ0n) is 7.32. The average molecular weight is 173 g/mol. The lowest BCUT2D eigenvalue weighted by Crippen LogP contribution is -2.49. The Morgan fingerprint density at radius 1 is 1.75 bits per heavy atom. The van der Waals surface area contributed by atoms with E-state index in [0.29, 0.717) is 13.2 Å². The van der Waals surface area contributed by atoms with E-state index in [9.17, 15) is 4.79 Å². The van der Waals surface area contributed by atoms with Gasteiger partial charge in [-0.25, -0.2) is 0 Å². The molecule has 12 heavy (non-hydrogen) atoms. The topological polar surface area (TPSA) is 49.8 Å². The number of rotatable bonds is 3. The van der Waals surface area contributed by atoms with Crippen molar-refractivity contribution in [2.75, 3.05) is 26.3 Å². The molecule has 0 aromatic carbocycles. The van der Waals surface area contributed by atoms with E-state index in [1.165, 1.54) is 0 Å². The van der Waals surface area contributed by atoms with E-state index in [4.69, 9.17) is 9.84 Å². The van der Waals surface area contributed by atoms with E-state index in [1.54, 1.807) is 4.90 Å². The van der Waals surface area contributed by atoms with Gasteiger partial charge in [-0.15, -0.1) is 0 Å². The zero-order valence-corrected chi connectivity index (χ0v) is 7.32. The first-order valence-electron chi connectivity index (χ1n) is 4.30. The van der Waals surface area contributed by atoms with Crippen molar-refractivity contribution in [3.8, 4) is 0 Å². The lowest BCUT2D eigenvalue weighted by molar-refractivity contribution is -0.155. The Bertz CT molecular complexity index is 158. The number of carbonyl (C=O) groups is 1. The van der Waals surface area contributed by atoms with Crippen molar-refractivity contribution < 1.29 is 14.6 Å². The number of carbonyl (C=O) groups excluding carboxylic acids is 1. The molecule has 1 aliphatic rings. The van der Waals surface area contributed by atoms with Crippen molar-refractivity contribution in [1.82, 2.24) is 4.90 Å². The monoisotopic (exact) mass is 173 g/mol. The van der Waals surface area contributed by atoms with Crippen LogP contribution in [0.4, 0.5) is 0 Å². The highest BCUT2D eigenvalue weighted by Gasteiger charge is 2.27. The Labute approximate surface area is 72.1 Å². The molecule has 1 aliphatic heterocycles. The lowest BCUT2D eigenvalue weighted by atomic mass is 10.2. The summed E-state index contributed by atoms with van der Waals surface area (Å²) in [4.78, 5) is 13.1. The molecular weight excluding hydrogens is 158 g/mol. The van der Waals surface area contributed by atoms with Gasteiger partial charge >= 0.3 is 0 Å². The number of aliphatic hydroxyl groups is 1. The van der Waals surface area contributed by atoms with Crippen LogP contribution in [-0.2, 0) is 9.53 Å². The highest BCUT2D eigenvalue weighted by Crippen LogP contribution is 2.06. The summed E-state index contributed by atoms with van der Waals surface area (Å²) < 4.78 is 5.07. The SMILES string of the molecule is CCCN1CCOC(CO)C1=O. The maximum atomic E-state index is 11.4. The van der Waals surface area contributed by atoms with Crippen LogP contribution in [0.2, 0.25) is 0 Å². The molecule has 1 N–H and O–H groups in total. The number of hydrogen-bond donors (Lipinski definition) is 1. The Balaban J connectivity index is 2.47. The van der Waals surface area contributed by atoms with Crippen molar-refractivity contribution in [2.45, 2.75) is 19.4 Å². The maximum absolute atomic E-state index is 11.4. The van der Waals surface area contributed by atoms with E-state index in [2.05, 4.69) is 0 Å². The van der Waals surface area contributed by atoms with Crippen molar-refractivity contribution in [3.05, 3.63) is 0 Å². The predicted molar refractivity (Wildman–Crippen MR) is 43.7 cm³/mol. The molecule has 0 saturated carbocycles. The van der Waals surface area contributed by atoms with Gasteiger partial charge in [-0.3, -0.25) is 4.79 Å². The summed E-state index contributed by atoms with van der Waals surface area (Å²) in [6.45, 7) is 3.77. The average Bonchev–Trinajstić information content (AvgIpc) is 2.09. The van der Waals surface area contributed by atoms with Crippen LogP contribution in [-0.4, -0.2) is 48.3 Å². The normalized spacial score (nSPS) is 24.7. The molecule has 0 spiro atoms. The van der Waals surface area contributed by atoms with Gasteiger partial charge in [0.25, 0.3) is 5.91 Å². The highest BCUT2D eigenvalue weighted by atomic mass is 16.5. The first kappa shape index (κ1) is 9.48. The standard InChI is InChI=1S/C8H15NO3/c1-2-3-9-4-5-12-7(6-10)8(9)11/h7,10H,2-6H2,1H3. The zero-order chi connectivity index (χ0) is 8.97. The molecule has 4 heteroatoms. The van der Waals surface area contributed by atoms with Gasteiger partial charge in [0.15, 0.2) is 6.10 Å². The minimum atomic E-state index is -0.620. The van der Waals surface area contributed by atoms with Crippen molar-refractivity contribution in [2.24, 2.45) is 0 Å². The second-order valence-corrected chi connectivity index (χ2v) is 2.87. The van der Waals surface area contributed by atoms with E-state index in [-0.39, 0.29) is 12.5 Å². The summed E-state index contributed by atoms with van der Waals surface area (Å²) in [6.07, 6.45) is 0.328. The minimum Gasteiger partial charge on any atom is -0.393 e. The van der Waals surface area contributed by atoms with Crippen LogP contribution >= 0.6 is 0 Å². The molecule has 0 aromatic rings. The number of nitrogens with zero attached hydrogens (tertiary/aromatic N) is 1. The second kappa shape index (κ2) is 4.42. The number of morpholine rings is 1. The molecule has 1 rings (SSSR count). The number of aliphatic hydroxyl groups excluding tert-OH is 1. The summed E-state index contributed by atoms with van der Waals surface area (Å²) >= 11 is 0.